The van der Waals surface area contributed by atoms with Gasteiger partial charge in [0.2, 0.25) is 17.6 Å². The molecular weight excluding hydrogens is 396 g/mol. The van der Waals surface area contributed by atoms with Crippen molar-refractivity contribution in [2.45, 2.75) is 25.7 Å². The Morgan fingerprint density at radius 1 is 0.968 bits per heavy atom. The minimum atomic E-state index is -0.0700. The topological polar surface area (TPSA) is 77.1 Å². The fourth-order valence-corrected chi connectivity index (χ4v) is 3.85. The highest BCUT2D eigenvalue weighted by Gasteiger charge is 2.27. The zero-order valence-electron chi connectivity index (χ0n) is 18.3. The molecule has 1 fully saturated rings. The Morgan fingerprint density at radius 2 is 1.58 bits per heavy atom. The SMILES string of the molecule is COc1cc(CCC(=O)N2CCC(C(=O)Nc3ccccc3)CC2)cc(OC)c1OC. The van der Waals surface area contributed by atoms with Gasteiger partial charge in [0.05, 0.1) is 21.3 Å². The molecular formula is C24H30N2O5. The van der Waals surface area contributed by atoms with Gasteiger partial charge in [-0.05, 0) is 49.1 Å². The van der Waals surface area contributed by atoms with Gasteiger partial charge in [0.25, 0.3) is 0 Å². The van der Waals surface area contributed by atoms with Crippen LogP contribution < -0.4 is 19.5 Å². The molecule has 166 valence electrons. The van der Waals surface area contributed by atoms with Gasteiger partial charge in [0.15, 0.2) is 11.5 Å². The van der Waals surface area contributed by atoms with Crippen molar-refractivity contribution in [3.8, 4) is 17.2 Å². The highest BCUT2D eigenvalue weighted by Crippen LogP contribution is 2.38. The molecule has 2 aromatic carbocycles. The average molecular weight is 427 g/mol. The lowest BCUT2D eigenvalue weighted by atomic mass is 9.95. The van der Waals surface area contributed by atoms with Gasteiger partial charge >= 0.3 is 0 Å². The molecule has 2 aromatic rings. The minimum Gasteiger partial charge on any atom is -0.493 e. The molecule has 0 atom stereocenters. The molecule has 1 N–H and O–H groups in total. The van der Waals surface area contributed by atoms with Gasteiger partial charge in [-0.25, -0.2) is 0 Å². The van der Waals surface area contributed by atoms with Gasteiger partial charge in [0, 0.05) is 31.1 Å². The Balaban J connectivity index is 1.51. The van der Waals surface area contributed by atoms with Crippen LogP contribution in [-0.2, 0) is 16.0 Å². The molecule has 7 nitrogen and oxygen atoms in total. The van der Waals surface area contributed by atoms with Crippen molar-refractivity contribution in [2.75, 3.05) is 39.7 Å². The summed E-state index contributed by atoms with van der Waals surface area (Å²) < 4.78 is 16.1. The average Bonchev–Trinajstić information content (AvgIpc) is 2.82. The van der Waals surface area contributed by atoms with E-state index in [-0.39, 0.29) is 17.7 Å². The van der Waals surface area contributed by atoms with Crippen LogP contribution in [0, 0.1) is 5.92 Å². The molecule has 1 saturated heterocycles. The molecule has 1 heterocycles. The second kappa shape index (κ2) is 10.7. The van der Waals surface area contributed by atoms with Gasteiger partial charge in [-0.1, -0.05) is 18.2 Å². The third kappa shape index (κ3) is 5.69. The molecule has 3 rings (SSSR count). The number of hydrogen-bond donors (Lipinski definition) is 1. The molecule has 0 aromatic heterocycles. The fourth-order valence-electron chi connectivity index (χ4n) is 3.85. The number of anilines is 1. The first kappa shape index (κ1) is 22.5. The number of rotatable bonds is 8. The van der Waals surface area contributed by atoms with E-state index in [1.807, 2.05) is 47.4 Å². The van der Waals surface area contributed by atoms with Crippen molar-refractivity contribution in [2.24, 2.45) is 5.92 Å². The molecule has 0 unspecified atom stereocenters. The van der Waals surface area contributed by atoms with Crippen LogP contribution >= 0.6 is 0 Å². The van der Waals surface area contributed by atoms with E-state index in [1.165, 1.54) is 0 Å². The van der Waals surface area contributed by atoms with Crippen LogP contribution in [0.3, 0.4) is 0 Å². The van der Waals surface area contributed by atoms with E-state index in [9.17, 15) is 9.59 Å². The normalized spacial score (nSPS) is 14.1. The quantitative estimate of drug-likeness (QED) is 0.699. The van der Waals surface area contributed by atoms with Crippen molar-refractivity contribution < 1.29 is 23.8 Å². The number of likely N-dealkylation sites (tertiary alicyclic amines) is 1. The third-order valence-electron chi connectivity index (χ3n) is 5.61. The number of nitrogens with one attached hydrogen (secondary N) is 1. The standard InChI is InChI=1S/C24H30N2O5/c1-29-20-15-17(16-21(30-2)23(20)31-3)9-10-22(27)26-13-11-18(12-14-26)24(28)25-19-7-5-4-6-8-19/h4-8,15-16,18H,9-14H2,1-3H3,(H,25,28). The maximum atomic E-state index is 12.7. The van der Waals surface area contributed by atoms with Crippen molar-refractivity contribution in [1.29, 1.82) is 0 Å². The highest BCUT2D eigenvalue weighted by atomic mass is 16.5. The molecule has 31 heavy (non-hydrogen) atoms. The zero-order chi connectivity index (χ0) is 22.2. The second-order valence-corrected chi connectivity index (χ2v) is 7.54. The Kier molecular flexibility index (Phi) is 7.76. The predicted molar refractivity (Wildman–Crippen MR) is 119 cm³/mol. The lowest BCUT2D eigenvalue weighted by molar-refractivity contribution is -0.134. The number of amides is 2. The van der Waals surface area contributed by atoms with E-state index in [2.05, 4.69) is 5.32 Å². The summed E-state index contributed by atoms with van der Waals surface area (Å²) in [6.07, 6.45) is 2.31. The van der Waals surface area contributed by atoms with Crippen molar-refractivity contribution in [3.05, 3.63) is 48.0 Å². The van der Waals surface area contributed by atoms with Crippen molar-refractivity contribution in [1.82, 2.24) is 4.90 Å². The molecule has 0 spiro atoms. The first-order valence-electron chi connectivity index (χ1n) is 10.5. The highest BCUT2D eigenvalue weighted by molar-refractivity contribution is 5.92. The van der Waals surface area contributed by atoms with Crippen molar-refractivity contribution in [3.63, 3.8) is 0 Å². The van der Waals surface area contributed by atoms with Crippen LogP contribution in [0.15, 0.2) is 42.5 Å². The summed E-state index contributed by atoms with van der Waals surface area (Å²) in [4.78, 5) is 27.0. The largest absolute Gasteiger partial charge is 0.493 e. The maximum Gasteiger partial charge on any atom is 0.227 e. The van der Waals surface area contributed by atoms with E-state index in [4.69, 9.17) is 14.2 Å². The molecule has 1 aliphatic heterocycles. The lowest BCUT2D eigenvalue weighted by Gasteiger charge is -2.31. The van der Waals surface area contributed by atoms with E-state index < -0.39 is 0 Å². The van der Waals surface area contributed by atoms with E-state index >= 15 is 0 Å². The van der Waals surface area contributed by atoms with Crippen LogP contribution in [0.25, 0.3) is 0 Å². The molecule has 7 heteroatoms. The summed E-state index contributed by atoms with van der Waals surface area (Å²) in [5.74, 6) is 1.74. The summed E-state index contributed by atoms with van der Waals surface area (Å²) in [6, 6.07) is 13.2. The van der Waals surface area contributed by atoms with Gasteiger partial charge in [-0.3, -0.25) is 9.59 Å². The van der Waals surface area contributed by atoms with Gasteiger partial charge in [0.1, 0.15) is 0 Å². The van der Waals surface area contributed by atoms with Crippen molar-refractivity contribution >= 4 is 17.5 Å². The summed E-state index contributed by atoms with van der Waals surface area (Å²) in [7, 11) is 4.71. The number of piperidine rings is 1. The van der Waals surface area contributed by atoms with Gasteiger partial charge in [-0.15, -0.1) is 0 Å². The summed E-state index contributed by atoms with van der Waals surface area (Å²) >= 11 is 0. The summed E-state index contributed by atoms with van der Waals surface area (Å²) in [5.41, 5.74) is 1.75. The molecule has 0 aliphatic carbocycles. The molecule has 2 amide bonds. The molecule has 0 radical (unpaired) electrons. The number of aryl methyl sites for hydroxylation is 1. The summed E-state index contributed by atoms with van der Waals surface area (Å²) in [5, 5.41) is 2.96. The monoisotopic (exact) mass is 426 g/mol. The Labute approximate surface area is 183 Å². The number of nitrogens with zero attached hydrogens (tertiary/aromatic N) is 1. The number of carbonyl (C=O) groups is 2. The van der Waals surface area contributed by atoms with Gasteiger partial charge in [-0.2, -0.15) is 0 Å². The number of benzene rings is 2. The zero-order valence-corrected chi connectivity index (χ0v) is 18.3. The molecule has 0 bridgehead atoms. The molecule has 1 aliphatic rings. The summed E-state index contributed by atoms with van der Waals surface area (Å²) in [6.45, 7) is 1.20. The number of hydrogen-bond acceptors (Lipinski definition) is 5. The van der Waals surface area contributed by atoms with E-state index in [0.717, 1.165) is 11.3 Å². The number of ether oxygens (including phenoxy) is 3. The van der Waals surface area contributed by atoms with Crippen LogP contribution in [0.5, 0.6) is 17.2 Å². The maximum absolute atomic E-state index is 12.7. The predicted octanol–water partition coefficient (Wildman–Crippen LogP) is 3.52. The Morgan fingerprint density at radius 3 is 2.13 bits per heavy atom. The van der Waals surface area contributed by atoms with E-state index in [0.29, 0.717) is 56.0 Å². The van der Waals surface area contributed by atoms with E-state index in [1.54, 1.807) is 21.3 Å². The number of methoxy groups -OCH3 is 3. The Bertz CT molecular complexity index is 867. The first-order chi connectivity index (χ1) is 15.0. The minimum absolute atomic E-state index is 0.0238. The fraction of sp³-hybridized carbons (Fsp3) is 0.417. The number of para-hydroxylation sites is 1. The van der Waals surface area contributed by atoms with Crippen LogP contribution in [0.2, 0.25) is 0 Å². The third-order valence-corrected chi connectivity index (χ3v) is 5.61. The first-order valence-corrected chi connectivity index (χ1v) is 10.5. The lowest BCUT2D eigenvalue weighted by Crippen LogP contribution is -2.41. The second-order valence-electron chi connectivity index (χ2n) is 7.54. The van der Waals surface area contributed by atoms with Crippen LogP contribution in [-0.4, -0.2) is 51.1 Å². The van der Waals surface area contributed by atoms with Crippen LogP contribution in [0.4, 0.5) is 5.69 Å². The number of carbonyl (C=O) groups excluding carboxylic acids is 2. The van der Waals surface area contributed by atoms with Crippen LogP contribution in [0.1, 0.15) is 24.8 Å². The molecule has 0 saturated carbocycles. The van der Waals surface area contributed by atoms with Gasteiger partial charge < -0.3 is 24.4 Å². The Hall–Kier alpha value is -3.22. The smallest absolute Gasteiger partial charge is 0.227 e.